The van der Waals surface area contributed by atoms with Gasteiger partial charge in [-0.1, -0.05) is 0 Å². The highest BCUT2D eigenvalue weighted by atomic mass is 19.3. The quantitative estimate of drug-likeness (QED) is 0.635. The van der Waals surface area contributed by atoms with Gasteiger partial charge in [-0.25, -0.2) is 4.39 Å². The van der Waals surface area contributed by atoms with Crippen LogP contribution < -0.4 is 9.68 Å². The number of hydrogen-bond acceptors (Lipinski definition) is 6. The van der Waals surface area contributed by atoms with E-state index in [1.54, 1.807) is 0 Å². The van der Waals surface area contributed by atoms with E-state index in [1.165, 1.54) is 25.0 Å². The summed E-state index contributed by atoms with van der Waals surface area (Å²) < 4.78 is 36.7. The predicted octanol–water partition coefficient (Wildman–Crippen LogP) is 2.40. The fourth-order valence-electron chi connectivity index (χ4n) is 2.66. The molecule has 1 fully saturated rings. The lowest BCUT2D eigenvalue weighted by Gasteiger charge is -2.18. The van der Waals surface area contributed by atoms with Crippen LogP contribution in [-0.2, 0) is 9.53 Å². The molecule has 2 rings (SSSR count). The lowest BCUT2D eigenvalue weighted by atomic mass is 9.96. The highest BCUT2D eigenvalue weighted by Gasteiger charge is 2.35. The molecule has 0 aromatic heterocycles. The Morgan fingerprint density at radius 3 is 2.71 bits per heavy atom. The van der Waals surface area contributed by atoms with Crippen LogP contribution in [0.25, 0.3) is 0 Å². The van der Waals surface area contributed by atoms with Crippen molar-refractivity contribution in [2.45, 2.75) is 19.3 Å². The molecule has 1 aliphatic rings. The fourth-order valence-corrected chi connectivity index (χ4v) is 2.66. The third-order valence-corrected chi connectivity index (χ3v) is 3.62. The summed E-state index contributed by atoms with van der Waals surface area (Å²) in [6.45, 7) is 1.30. The summed E-state index contributed by atoms with van der Waals surface area (Å²) in [4.78, 5) is 17.1. The first-order valence-corrected chi connectivity index (χ1v) is 7.10. The topological polar surface area (TPSA) is 95.7 Å². The van der Waals surface area contributed by atoms with Gasteiger partial charge in [0.15, 0.2) is 11.6 Å². The Bertz CT molecular complexity index is 681. The molecule has 1 heterocycles. The molecule has 2 N–H and O–H groups in total. The second kappa shape index (κ2) is 7.24. The van der Waals surface area contributed by atoms with Gasteiger partial charge in [0.2, 0.25) is 11.8 Å². The van der Waals surface area contributed by atoms with Gasteiger partial charge in [0.25, 0.3) is 0 Å². The molecule has 0 aliphatic carbocycles. The molecule has 1 aromatic carbocycles. The smallest absolute Gasteiger partial charge is 0.223 e. The van der Waals surface area contributed by atoms with Crippen molar-refractivity contribution in [1.29, 1.82) is 10.8 Å². The minimum atomic E-state index is -0.733. The van der Waals surface area contributed by atoms with E-state index in [1.807, 2.05) is 0 Å². The fraction of sp³-hybridized carbons (Fsp3) is 0.400. The van der Waals surface area contributed by atoms with E-state index in [0.717, 1.165) is 6.07 Å². The molecule has 130 valence electrons. The Morgan fingerprint density at radius 2 is 2.12 bits per heavy atom. The number of benzene rings is 1. The van der Waals surface area contributed by atoms with Crippen LogP contribution >= 0.6 is 0 Å². The zero-order valence-electron chi connectivity index (χ0n) is 13.2. The highest BCUT2D eigenvalue weighted by molar-refractivity contribution is 5.91. The van der Waals surface area contributed by atoms with Gasteiger partial charge in [-0.05, 0) is 0 Å². The maximum Gasteiger partial charge on any atom is 0.223 e. The van der Waals surface area contributed by atoms with Crippen LogP contribution in [0.5, 0.6) is 11.5 Å². The number of carbonyl (C=O) groups excluding carboxylic acids is 1. The molecular weight excluding hydrogens is 324 g/mol. The molecule has 1 atom stereocenters. The van der Waals surface area contributed by atoms with Gasteiger partial charge in [-0.2, -0.15) is 0 Å². The third kappa shape index (κ3) is 3.79. The van der Waals surface area contributed by atoms with Gasteiger partial charge >= 0.3 is 0 Å². The van der Waals surface area contributed by atoms with Gasteiger partial charge < -0.3 is 14.4 Å². The van der Waals surface area contributed by atoms with E-state index in [4.69, 9.17) is 20.3 Å². The standard InChI is InChI=1S/C15H17F2N3O4/c1-8(18)23-13(19)7-20-6-9(3-14(20)21)15-11(16)4-10(22-2)5-12(15)24-17/h4-5,9,18-19H,3,6-7H2,1-2H3/t9-/m0/s1. The molecule has 0 spiro atoms. The van der Waals surface area contributed by atoms with Crippen LogP contribution in [-0.4, -0.2) is 42.8 Å². The number of carbonyl (C=O) groups is 1. The summed E-state index contributed by atoms with van der Waals surface area (Å²) in [5, 5.41) is 14.7. The van der Waals surface area contributed by atoms with Crippen LogP contribution in [0.4, 0.5) is 8.92 Å². The van der Waals surface area contributed by atoms with Crippen LogP contribution in [0.1, 0.15) is 24.8 Å². The average Bonchev–Trinajstić information content (AvgIpc) is 2.85. The molecule has 7 nitrogen and oxygen atoms in total. The van der Waals surface area contributed by atoms with Crippen LogP contribution in [0.15, 0.2) is 12.1 Å². The zero-order valence-corrected chi connectivity index (χ0v) is 13.2. The van der Waals surface area contributed by atoms with Crippen molar-refractivity contribution in [1.82, 2.24) is 4.90 Å². The molecule has 0 bridgehead atoms. The minimum Gasteiger partial charge on any atom is -0.497 e. The van der Waals surface area contributed by atoms with Crippen LogP contribution in [0.2, 0.25) is 0 Å². The Balaban J connectivity index is 2.19. The molecule has 1 aliphatic heterocycles. The van der Waals surface area contributed by atoms with Crippen molar-refractivity contribution >= 4 is 17.7 Å². The molecule has 1 saturated heterocycles. The molecule has 9 heteroatoms. The summed E-state index contributed by atoms with van der Waals surface area (Å²) in [5.41, 5.74) is -0.0511. The lowest BCUT2D eigenvalue weighted by molar-refractivity contribution is -0.127. The molecule has 0 radical (unpaired) electrons. The number of methoxy groups -OCH3 is 1. The van der Waals surface area contributed by atoms with Crippen molar-refractivity contribution in [3.63, 3.8) is 0 Å². The van der Waals surface area contributed by atoms with Crippen molar-refractivity contribution in [2.24, 2.45) is 0 Å². The van der Waals surface area contributed by atoms with E-state index >= 15 is 0 Å². The Morgan fingerprint density at radius 1 is 1.42 bits per heavy atom. The first-order chi connectivity index (χ1) is 11.3. The number of nitrogens with zero attached hydrogens (tertiary/aromatic N) is 1. The second-order valence-corrected chi connectivity index (χ2v) is 5.35. The number of halogens is 2. The first-order valence-electron chi connectivity index (χ1n) is 7.10. The minimum absolute atomic E-state index is 0.0452. The highest BCUT2D eigenvalue weighted by Crippen LogP contribution is 2.38. The number of hydrogen-bond donors (Lipinski definition) is 2. The average molecular weight is 341 g/mol. The normalized spacial score (nSPS) is 16.9. The largest absolute Gasteiger partial charge is 0.497 e. The lowest BCUT2D eigenvalue weighted by Crippen LogP contribution is -2.32. The van der Waals surface area contributed by atoms with Gasteiger partial charge in [-0.3, -0.25) is 20.6 Å². The van der Waals surface area contributed by atoms with Gasteiger partial charge in [0.05, 0.1) is 13.7 Å². The Labute approximate surface area is 137 Å². The summed E-state index contributed by atoms with van der Waals surface area (Å²) in [7, 11) is 1.31. The molecule has 1 amide bonds. The first kappa shape index (κ1) is 17.6. The zero-order chi connectivity index (χ0) is 17.9. The Kier molecular flexibility index (Phi) is 5.32. The van der Waals surface area contributed by atoms with Gasteiger partial charge in [-0.15, -0.1) is 0 Å². The van der Waals surface area contributed by atoms with Crippen LogP contribution in [0, 0.1) is 16.6 Å². The molecular formula is C15H17F2N3O4. The maximum absolute atomic E-state index is 14.3. The second-order valence-electron chi connectivity index (χ2n) is 5.35. The van der Waals surface area contributed by atoms with E-state index in [9.17, 15) is 13.7 Å². The van der Waals surface area contributed by atoms with Crippen molar-refractivity contribution < 1.29 is 28.1 Å². The third-order valence-electron chi connectivity index (χ3n) is 3.62. The van der Waals surface area contributed by atoms with Crippen molar-refractivity contribution in [3.05, 3.63) is 23.5 Å². The number of ether oxygens (including phenoxy) is 2. The summed E-state index contributed by atoms with van der Waals surface area (Å²) >= 11 is 0. The number of rotatable bonds is 5. The summed E-state index contributed by atoms with van der Waals surface area (Å²) in [6.07, 6.45) is -0.0452. The molecule has 0 unspecified atom stereocenters. The van der Waals surface area contributed by atoms with Gasteiger partial charge in [0.1, 0.15) is 11.6 Å². The number of amides is 1. The molecule has 0 saturated carbocycles. The van der Waals surface area contributed by atoms with E-state index in [2.05, 4.69) is 4.94 Å². The number of likely N-dealkylation sites (tertiary alicyclic amines) is 1. The van der Waals surface area contributed by atoms with Crippen molar-refractivity contribution in [2.75, 3.05) is 20.2 Å². The van der Waals surface area contributed by atoms with Crippen LogP contribution in [0.3, 0.4) is 0 Å². The number of nitrogens with one attached hydrogen (secondary N) is 2. The molecule has 1 aromatic rings. The van der Waals surface area contributed by atoms with E-state index < -0.39 is 11.7 Å². The van der Waals surface area contributed by atoms with Gasteiger partial charge in [0, 0.05) is 48.0 Å². The summed E-state index contributed by atoms with van der Waals surface area (Å²) in [6, 6.07) is 2.30. The maximum atomic E-state index is 14.3. The monoisotopic (exact) mass is 341 g/mol. The molecule has 24 heavy (non-hydrogen) atoms. The Hall–Kier alpha value is -2.71. The predicted molar refractivity (Wildman–Crippen MR) is 80.8 cm³/mol. The van der Waals surface area contributed by atoms with Crippen molar-refractivity contribution in [3.8, 4) is 11.5 Å². The van der Waals surface area contributed by atoms with E-state index in [0.29, 0.717) is 0 Å². The SMILES string of the molecule is COc1cc(F)c([C@H]2CC(=O)N(CC(=N)OC(C)=N)C2)c(OF)c1. The summed E-state index contributed by atoms with van der Waals surface area (Å²) in [5.74, 6) is -2.36. The van der Waals surface area contributed by atoms with E-state index in [-0.39, 0.29) is 54.3 Å².